The molecule has 1 aliphatic rings. The van der Waals surface area contributed by atoms with Crippen molar-refractivity contribution in [1.29, 1.82) is 0 Å². The van der Waals surface area contributed by atoms with Crippen LogP contribution in [0.4, 0.5) is 11.8 Å². The highest BCUT2D eigenvalue weighted by Crippen LogP contribution is 2.35. The molecule has 1 saturated heterocycles. The van der Waals surface area contributed by atoms with Crippen molar-refractivity contribution in [2.24, 2.45) is 0 Å². The number of nitrogen functional groups attached to an aromatic ring is 1. The third-order valence-corrected chi connectivity index (χ3v) is 7.12. The zero-order valence-corrected chi connectivity index (χ0v) is 22.0. The van der Waals surface area contributed by atoms with Crippen molar-refractivity contribution in [2.75, 3.05) is 17.7 Å². The van der Waals surface area contributed by atoms with E-state index in [1.165, 1.54) is 10.9 Å². The van der Waals surface area contributed by atoms with E-state index in [2.05, 4.69) is 20.3 Å². The maximum Gasteiger partial charge on any atom is 0.207 e. The fraction of sp³-hybridized carbons (Fsp3) is 0.233. The summed E-state index contributed by atoms with van der Waals surface area (Å²) < 4.78 is 13.4. The molecule has 2 aromatic heterocycles. The van der Waals surface area contributed by atoms with Gasteiger partial charge in [-0.2, -0.15) is 0 Å². The quantitative estimate of drug-likeness (QED) is 0.183. The molecule has 0 aliphatic carbocycles. The highest BCUT2D eigenvalue weighted by molar-refractivity contribution is 5.84. The van der Waals surface area contributed by atoms with Gasteiger partial charge in [-0.15, -0.1) is 0 Å². The zero-order valence-electron chi connectivity index (χ0n) is 22.0. The molecule has 5 aromatic rings. The predicted octanol–water partition coefficient (Wildman–Crippen LogP) is 2.88. The normalized spacial score (nSPS) is 20.4. The molecule has 11 heteroatoms. The minimum Gasteiger partial charge on any atom is -0.488 e. The summed E-state index contributed by atoms with van der Waals surface area (Å²) in [4.78, 5) is 12.8. The Labute approximate surface area is 235 Å². The number of rotatable bonds is 9. The molecule has 41 heavy (non-hydrogen) atoms. The topological polar surface area (TPSA) is 161 Å². The summed E-state index contributed by atoms with van der Waals surface area (Å²) in [5, 5.41) is 33.8. The standard InChI is InChI=1S/C30H30N6O5/c31-27-24-28(34-17-33-27)36(29-26(39)25(38)23(15-37)41-29)30(35-24)32-14-18-10-12-20(13-11-18)21-8-4-5-9-22(21)40-16-19-6-2-1-3-7-19/h1-13,17,23,25-26,29,37-39H,14-16H2,(H,32,35)(H2,31,33,34)/t23-,25-,26-,29-/m1/s1. The van der Waals surface area contributed by atoms with Crippen LogP contribution in [0.25, 0.3) is 22.3 Å². The lowest BCUT2D eigenvalue weighted by molar-refractivity contribution is -0.0501. The van der Waals surface area contributed by atoms with Crippen molar-refractivity contribution in [3.8, 4) is 16.9 Å². The molecule has 0 radical (unpaired) electrons. The Kier molecular flexibility index (Phi) is 7.49. The van der Waals surface area contributed by atoms with Gasteiger partial charge in [-0.05, 0) is 22.8 Å². The number of para-hydroxylation sites is 1. The maximum atomic E-state index is 10.7. The molecule has 1 fully saturated rings. The fourth-order valence-electron chi connectivity index (χ4n) is 4.93. The molecule has 6 rings (SSSR count). The van der Waals surface area contributed by atoms with Crippen LogP contribution in [0.2, 0.25) is 0 Å². The second kappa shape index (κ2) is 11.5. The van der Waals surface area contributed by atoms with E-state index < -0.39 is 31.1 Å². The summed E-state index contributed by atoms with van der Waals surface area (Å²) in [6.45, 7) is 0.414. The molecule has 0 spiro atoms. The Hall–Kier alpha value is -4.55. The van der Waals surface area contributed by atoms with E-state index >= 15 is 0 Å². The Balaban J connectivity index is 1.22. The van der Waals surface area contributed by atoms with E-state index in [0.29, 0.717) is 30.3 Å². The minimum absolute atomic E-state index is 0.168. The molecule has 1 aliphatic heterocycles. The number of hydrogen-bond donors (Lipinski definition) is 5. The molecule has 0 unspecified atom stereocenters. The highest BCUT2D eigenvalue weighted by atomic mass is 16.6. The zero-order chi connectivity index (χ0) is 28.3. The predicted molar refractivity (Wildman–Crippen MR) is 153 cm³/mol. The van der Waals surface area contributed by atoms with Gasteiger partial charge in [0, 0.05) is 12.1 Å². The van der Waals surface area contributed by atoms with Crippen LogP contribution in [0.3, 0.4) is 0 Å². The first-order chi connectivity index (χ1) is 20.0. The molecular formula is C30H30N6O5. The summed E-state index contributed by atoms with van der Waals surface area (Å²) in [6, 6.07) is 26.0. The number of benzene rings is 3. The van der Waals surface area contributed by atoms with Crippen LogP contribution in [-0.4, -0.2) is 59.8 Å². The first kappa shape index (κ1) is 26.7. The number of nitrogens with zero attached hydrogens (tertiary/aromatic N) is 4. The second-order valence-corrected chi connectivity index (χ2v) is 9.79. The first-order valence-electron chi connectivity index (χ1n) is 13.2. The van der Waals surface area contributed by atoms with E-state index in [9.17, 15) is 15.3 Å². The lowest BCUT2D eigenvalue weighted by atomic mass is 10.0. The SMILES string of the molecule is Nc1ncnc2c1nc(NCc1ccc(-c3ccccc3OCc3ccccc3)cc1)n2[C@@H]1O[C@H](CO)[C@@H](O)[C@H]1O. The van der Waals surface area contributed by atoms with Gasteiger partial charge >= 0.3 is 0 Å². The van der Waals surface area contributed by atoms with E-state index in [-0.39, 0.29) is 5.82 Å². The van der Waals surface area contributed by atoms with Crippen LogP contribution in [0.15, 0.2) is 85.2 Å². The highest BCUT2D eigenvalue weighted by Gasteiger charge is 2.45. The van der Waals surface area contributed by atoms with Gasteiger partial charge in [-0.1, -0.05) is 72.8 Å². The third-order valence-electron chi connectivity index (χ3n) is 7.12. The van der Waals surface area contributed by atoms with Crippen molar-refractivity contribution in [3.63, 3.8) is 0 Å². The van der Waals surface area contributed by atoms with Crippen molar-refractivity contribution in [2.45, 2.75) is 37.7 Å². The van der Waals surface area contributed by atoms with Gasteiger partial charge in [0.25, 0.3) is 0 Å². The van der Waals surface area contributed by atoms with Crippen molar-refractivity contribution < 1.29 is 24.8 Å². The first-order valence-corrected chi connectivity index (χ1v) is 13.2. The average Bonchev–Trinajstić information content (AvgIpc) is 3.52. The molecule has 210 valence electrons. The van der Waals surface area contributed by atoms with E-state index in [4.69, 9.17) is 15.2 Å². The minimum atomic E-state index is -1.32. The summed E-state index contributed by atoms with van der Waals surface area (Å²) in [7, 11) is 0. The Bertz CT molecular complexity index is 1630. The van der Waals surface area contributed by atoms with Gasteiger partial charge in [0.05, 0.1) is 6.61 Å². The number of fused-ring (bicyclic) bond motifs is 1. The number of aliphatic hydroxyl groups is 3. The molecular weight excluding hydrogens is 524 g/mol. The number of hydrogen-bond acceptors (Lipinski definition) is 10. The number of nitrogens with one attached hydrogen (secondary N) is 1. The molecule has 11 nitrogen and oxygen atoms in total. The molecule has 3 aromatic carbocycles. The molecule has 0 bridgehead atoms. The monoisotopic (exact) mass is 554 g/mol. The Morgan fingerprint density at radius 1 is 0.902 bits per heavy atom. The van der Waals surface area contributed by atoms with Crippen LogP contribution in [-0.2, 0) is 17.9 Å². The van der Waals surface area contributed by atoms with Crippen LogP contribution < -0.4 is 15.8 Å². The number of ether oxygens (including phenoxy) is 2. The van der Waals surface area contributed by atoms with Gasteiger partial charge in [0.1, 0.15) is 37.0 Å². The largest absolute Gasteiger partial charge is 0.488 e. The smallest absolute Gasteiger partial charge is 0.207 e. The second-order valence-electron chi connectivity index (χ2n) is 9.79. The average molecular weight is 555 g/mol. The summed E-state index contributed by atoms with van der Waals surface area (Å²) in [6.07, 6.45) is -3.29. The number of aromatic nitrogens is 4. The van der Waals surface area contributed by atoms with Gasteiger partial charge in [0.15, 0.2) is 23.2 Å². The van der Waals surface area contributed by atoms with Crippen molar-refractivity contribution in [1.82, 2.24) is 19.5 Å². The van der Waals surface area contributed by atoms with E-state index in [0.717, 1.165) is 28.0 Å². The lowest BCUT2D eigenvalue weighted by Crippen LogP contribution is -2.33. The Morgan fingerprint density at radius 3 is 2.41 bits per heavy atom. The number of nitrogens with two attached hydrogens (primary N) is 1. The van der Waals surface area contributed by atoms with E-state index in [1.54, 1.807) is 0 Å². The van der Waals surface area contributed by atoms with Crippen LogP contribution in [0.5, 0.6) is 5.75 Å². The third kappa shape index (κ3) is 5.31. The fourth-order valence-corrected chi connectivity index (χ4v) is 4.93. The van der Waals surface area contributed by atoms with E-state index in [1.807, 2.05) is 78.9 Å². The molecule has 0 saturated carbocycles. The number of imidazole rings is 1. The van der Waals surface area contributed by atoms with Gasteiger partial charge in [0.2, 0.25) is 5.95 Å². The van der Waals surface area contributed by atoms with Gasteiger partial charge in [-0.3, -0.25) is 4.57 Å². The molecule has 4 atom stereocenters. The maximum absolute atomic E-state index is 10.7. The van der Waals surface area contributed by atoms with Crippen molar-refractivity contribution >= 4 is 22.9 Å². The summed E-state index contributed by atoms with van der Waals surface area (Å²) in [5.74, 6) is 1.29. The number of anilines is 2. The Morgan fingerprint density at radius 2 is 1.66 bits per heavy atom. The molecule has 0 amide bonds. The van der Waals surface area contributed by atoms with Crippen LogP contribution in [0.1, 0.15) is 17.4 Å². The number of aliphatic hydroxyl groups excluding tert-OH is 3. The molecule has 3 heterocycles. The lowest BCUT2D eigenvalue weighted by Gasteiger charge is -2.19. The molecule has 6 N–H and O–H groups in total. The van der Waals surface area contributed by atoms with Gasteiger partial charge in [-0.25, -0.2) is 15.0 Å². The summed E-state index contributed by atoms with van der Waals surface area (Å²) in [5.41, 5.74) is 10.8. The van der Waals surface area contributed by atoms with Crippen LogP contribution in [0, 0.1) is 0 Å². The van der Waals surface area contributed by atoms with Gasteiger partial charge < -0.3 is 35.8 Å². The van der Waals surface area contributed by atoms with Crippen LogP contribution >= 0.6 is 0 Å². The van der Waals surface area contributed by atoms with Crippen molar-refractivity contribution in [3.05, 3.63) is 96.3 Å². The summed E-state index contributed by atoms with van der Waals surface area (Å²) >= 11 is 0.